The third-order valence-electron chi connectivity index (χ3n) is 5.31. The molecule has 1 aliphatic rings. The average molecular weight is 690 g/mol. The van der Waals surface area contributed by atoms with Crippen LogP contribution in [-0.2, 0) is 0 Å². The molecule has 1 unspecified atom stereocenters. The van der Waals surface area contributed by atoms with E-state index in [9.17, 15) is 14.6 Å². The third-order valence-corrected chi connectivity index (χ3v) is 5.61. The van der Waals surface area contributed by atoms with E-state index in [0.29, 0.717) is 34.8 Å². The first-order valence-electron chi connectivity index (χ1n) is 10.3. The molecule has 3 N–H and O–H groups in total. The minimum atomic E-state index is -0.640. The van der Waals surface area contributed by atoms with Crippen molar-refractivity contribution in [1.29, 1.82) is 0 Å². The summed E-state index contributed by atoms with van der Waals surface area (Å²) in [6.07, 6.45) is 3.01. The number of rotatable bonds is 8. The first kappa shape index (κ1) is 26.2. The van der Waals surface area contributed by atoms with Gasteiger partial charge >= 0.3 is 0 Å². The van der Waals surface area contributed by atoms with E-state index < -0.39 is 11.9 Å². The van der Waals surface area contributed by atoms with E-state index in [1.165, 1.54) is 19.5 Å². The Hall–Kier alpha value is -1.44. The molecule has 1 aromatic heterocycles. The molecule has 1 radical (unpaired) electrons. The number of aromatic hydroxyl groups is 1. The van der Waals surface area contributed by atoms with Gasteiger partial charge in [-0.2, -0.15) is 0 Å². The van der Waals surface area contributed by atoms with Crippen LogP contribution in [0.5, 0.6) is 17.2 Å². The van der Waals surface area contributed by atoms with Gasteiger partial charge in [-0.25, -0.2) is 14.4 Å². The largest absolute Gasteiger partial charge is 0.506 e. The molecule has 2 heterocycles. The van der Waals surface area contributed by atoms with Gasteiger partial charge in [-0.15, -0.1) is 0 Å². The van der Waals surface area contributed by atoms with Crippen LogP contribution in [0.4, 0.5) is 15.9 Å². The van der Waals surface area contributed by atoms with Gasteiger partial charge < -0.3 is 29.9 Å². The Balaban J connectivity index is 0.00000306. The number of hydrogen-bond donors (Lipinski definition) is 3. The summed E-state index contributed by atoms with van der Waals surface area (Å²) in [6, 6.07) is 5.55. The van der Waals surface area contributed by atoms with Crippen LogP contribution in [-0.4, -0.2) is 64.5 Å². The van der Waals surface area contributed by atoms with Gasteiger partial charge in [0.2, 0.25) is 0 Å². The second-order valence-corrected chi connectivity index (χ2v) is 8.03. The van der Waals surface area contributed by atoms with Crippen LogP contribution < -0.4 is 14.8 Å². The summed E-state index contributed by atoms with van der Waals surface area (Å²) in [5.41, 5.74) is 0.544. The number of aromatic nitrogens is 2. The van der Waals surface area contributed by atoms with Gasteiger partial charge in [-0.3, -0.25) is 0 Å². The number of fused-ring (bicyclic) bond motifs is 1. The van der Waals surface area contributed by atoms with Crippen molar-refractivity contribution < 1.29 is 68.1 Å². The maximum atomic E-state index is 14.3. The molecule has 33 heavy (non-hydrogen) atoms. The van der Waals surface area contributed by atoms with Crippen molar-refractivity contribution in [2.75, 3.05) is 38.7 Å². The molecule has 2 aromatic carbocycles. The molecule has 1 atom stereocenters. The molecular weight excluding hydrogens is 666 g/mol. The number of halogens is 2. The topological polar surface area (TPSA) is 100.0 Å². The summed E-state index contributed by atoms with van der Waals surface area (Å²) >= 11 is 5.75. The second-order valence-electron chi connectivity index (χ2n) is 7.62. The minimum absolute atomic E-state index is 0. The van der Waals surface area contributed by atoms with Crippen molar-refractivity contribution in [3.8, 4) is 17.2 Å². The standard InChI is InChI=1S/C22H24ClFN4O4.Ac/c1-31-20-6-14-17(9-21(20)32-11-13(29)10-28-4-2-3-5-28)25-12-26-22(14)27-18-8-19(30)15(23)7-16(18)24;/h6-9,12-13,29-30H,2-5,10-11H2,1H3,(H,25,26,27);. The molecule has 0 spiro atoms. The van der Waals surface area contributed by atoms with E-state index >= 15 is 0 Å². The fourth-order valence-electron chi connectivity index (χ4n) is 3.70. The monoisotopic (exact) mass is 689 g/mol. The van der Waals surface area contributed by atoms with Crippen LogP contribution in [0, 0.1) is 49.9 Å². The smallest absolute Gasteiger partial charge is 0.163 e. The van der Waals surface area contributed by atoms with Crippen molar-refractivity contribution >= 4 is 34.0 Å². The molecule has 1 fully saturated rings. The van der Waals surface area contributed by atoms with Crippen molar-refractivity contribution in [3.63, 3.8) is 0 Å². The maximum Gasteiger partial charge on any atom is 0.163 e. The molecule has 1 aliphatic heterocycles. The minimum Gasteiger partial charge on any atom is -0.506 e. The van der Waals surface area contributed by atoms with E-state index in [-0.39, 0.29) is 67.1 Å². The third kappa shape index (κ3) is 6.37. The molecule has 4 rings (SSSR count). The molecule has 0 amide bonds. The van der Waals surface area contributed by atoms with Gasteiger partial charge in [0.15, 0.2) is 11.5 Å². The molecule has 8 nitrogen and oxygen atoms in total. The van der Waals surface area contributed by atoms with Crippen molar-refractivity contribution in [1.82, 2.24) is 14.9 Å². The molecule has 0 saturated carbocycles. The number of anilines is 2. The SMILES string of the molecule is COc1cc2c(Nc3cc(O)c(Cl)cc3F)ncnc2cc1OCC(O)CN1CCCC1.[Ac]. The van der Waals surface area contributed by atoms with Crippen LogP contribution in [0.15, 0.2) is 30.6 Å². The number of phenolic OH excluding ortho intramolecular Hbond substituents is 1. The predicted octanol–water partition coefficient (Wildman–Crippen LogP) is 3.72. The molecule has 3 aromatic rings. The number of phenols is 1. The molecule has 0 aliphatic carbocycles. The van der Waals surface area contributed by atoms with Crippen molar-refractivity contribution in [2.24, 2.45) is 0 Å². The summed E-state index contributed by atoms with van der Waals surface area (Å²) in [5.74, 6) is 0.270. The number of β-amino-alcohol motifs (C(OH)–C–C–N with tert-alkyl or cyclic N) is 1. The fraction of sp³-hybridized carbons (Fsp3) is 0.364. The number of nitrogens with zero attached hydrogens (tertiary/aromatic N) is 3. The van der Waals surface area contributed by atoms with E-state index in [1.807, 2.05) is 0 Å². The molecule has 173 valence electrons. The van der Waals surface area contributed by atoms with Crippen LogP contribution in [0.25, 0.3) is 10.9 Å². The number of ether oxygens (including phenoxy) is 2. The Bertz CT molecular complexity index is 1120. The number of hydrogen-bond acceptors (Lipinski definition) is 8. The van der Waals surface area contributed by atoms with Gasteiger partial charge in [0, 0.05) is 68.1 Å². The Kier molecular flexibility index (Phi) is 9.36. The summed E-state index contributed by atoms with van der Waals surface area (Å²) in [5, 5.41) is 23.4. The fourth-order valence-corrected chi connectivity index (χ4v) is 3.85. The van der Waals surface area contributed by atoms with Crippen LogP contribution in [0.1, 0.15) is 12.8 Å². The first-order chi connectivity index (χ1) is 15.4. The second kappa shape index (κ2) is 11.8. The quantitative estimate of drug-likeness (QED) is 0.330. The van der Waals surface area contributed by atoms with Gasteiger partial charge in [0.25, 0.3) is 0 Å². The van der Waals surface area contributed by atoms with Crippen LogP contribution in [0.3, 0.4) is 0 Å². The normalized spacial score (nSPS) is 14.7. The summed E-state index contributed by atoms with van der Waals surface area (Å²) < 4.78 is 25.5. The first-order valence-corrected chi connectivity index (χ1v) is 10.6. The predicted molar refractivity (Wildman–Crippen MR) is 120 cm³/mol. The average Bonchev–Trinajstić information content (AvgIpc) is 3.28. The zero-order valence-electron chi connectivity index (χ0n) is 18.1. The van der Waals surface area contributed by atoms with E-state index in [0.717, 1.165) is 32.0 Å². The zero-order valence-corrected chi connectivity index (χ0v) is 23.6. The van der Waals surface area contributed by atoms with E-state index in [1.54, 1.807) is 12.1 Å². The number of nitrogens with one attached hydrogen (secondary N) is 1. The summed E-state index contributed by atoms with van der Waals surface area (Å²) in [4.78, 5) is 10.7. The number of aliphatic hydroxyl groups is 1. The van der Waals surface area contributed by atoms with E-state index in [4.69, 9.17) is 21.1 Å². The zero-order chi connectivity index (χ0) is 22.7. The number of benzene rings is 2. The van der Waals surface area contributed by atoms with Gasteiger partial charge in [0.1, 0.15) is 36.4 Å². The van der Waals surface area contributed by atoms with Gasteiger partial charge in [-0.05, 0) is 38.1 Å². The van der Waals surface area contributed by atoms with Crippen molar-refractivity contribution in [3.05, 3.63) is 41.4 Å². The summed E-state index contributed by atoms with van der Waals surface area (Å²) in [7, 11) is 1.50. The molecule has 1 saturated heterocycles. The number of aliphatic hydroxyl groups excluding tert-OH is 1. The molecule has 0 bridgehead atoms. The Morgan fingerprint density at radius 1 is 1.18 bits per heavy atom. The van der Waals surface area contributed by atoms with Crippen LogP contribution in [0.2, 0.25) is 5.02 Å². The van der Waals surface area contributed by atoms with Crippen molar-refractivity contribution in [2.45, 2.75) is 18.9 Å². The number of methoxy groups -OCH3 is 1. The number of likely N-dealkylation sites (tertiary alicyclic amines) is 1. The molecule has 11 heteroatoms. The van der Waals surface area contributed by atoms with Gasteiger partial charge in [0.05, 0.1) is 23.3 Å². The Labute approximate surface area is 231 Å². The Morgan fingerprint density at radius 3 is 2.67 bits per heavy atom. The van der Waals surface area contributed by atoms with Gasteiger partial charge in [-0.1, -0.05) is 11.6 Å². The van der Waals surface area contributed by atoms with E-state index in [2.05, 4.69) is 20.2 Å². The van der Waals surface area contributed by atoms with Crippen LogP contribution >= 0.6 is 11.6 Å². The summed E-state index contributed by atoms with van der Waals surface area (Å²) in [6.45, 7) is 2.67. The Morgan fingerprint density at radius 2 is 1.94 bits per heavy atom. The molecular formula is C22H24AcClFN4O4. The maximum absolute atomic E-state index is 14.3.